The van der Waals surface area contributed by atoms with Crippen LogP contribution < -0.4 is 0 Å². The lowest BCUT2D eigenvalue weighted by molar-refractivity contribution is 0.984. The van der Waals surface area contributed by atoms with Crippen LogP contribution >= 0.6 is 0 Å². The molecule has 0 unspecified atom stereocenters. The number of hydrogen-bond donors (Lipinski definition) is 0. The van der Waals surface area contributed by atoms with Gasteiger partial charge in [-0.25, -0.2) is 9.97 Å². The summed E-state index contributed by atoms with van der Waals surface area (Å²) in [5, 5.41) is 0. The smallest absolute Gasteiger partial charge is 0.164 e. The van der Waals surface area contributed by atoms with Gasteiger partial charge in [0.1, 0.15) is 11.3 Å². The molecule has 18 heavy (non-hydrogen) atoms. The summed E-state index contributed by atoms with van der Waals surface area (Å²) in [7, 11) is 0. The Morgan fingerprint density at radius 2 is 1.89 bits per heavy atom. The zero-order chi connectivity index (χ0) is 12.5. The SMILES string of the molecule is CCc1ccc(-n2c(C)nc3cccnc32)cc1. The minimum atomic E-state index is 0.916. The summed E-state index contributed by atoms with van der Waals surface area (Å²) in [4.78, 5) is 8.95. The van der Waals surface area contributed by atoms with E-state index in [0.29, 0.717) is 0 Å². The maximum absolute atomic E-state index is 4.53. The molecule has 0 N–H and O–H groups in total. The fourth-order valence-corrected chi connectivity index (χ4v) is 2.22. The van der Waals surface area contributed by atoms with Crippen molar-refractivity contribution in [2.45, 2.75) is 20.3 Å². The number of aromatic nitrogens is 3. The molecule has 0 atom stereocenters. The topological polar surface area (TPSA) is 30.7 Å². The highest BCUT2D eigenvalue weighted by atomic mass is 15.1. The number of rotatable bonds is 2. The van der Waals surface area contributed by atoms with Crippen molar-refractivity contribution >= 4 is 11.2 Å². The van der Waals surface area contributed by atoms with E-state index in [9.17, 15) is 0 Å². The van der Waals surface area contributed by atoms with Gasteiger partial charge in [0, 0.05) is 11.9 Å². The average molecular weight is 237 g/mol. The predicted octanol–water partition coefficient (Wildman–Crippen LogP) is 3.29. The third-order valence-corrected chi connectivity index (χ3v) is 3.19. The van der Waals surface area contributed by atoms with Crippen molar-refractivity contribution in [3.05, 3.63) is 54.0 Å². The molecule has 3 heteroatoms. The highest BCUT2D eigenvalue weighted by Crippen LogP contribution is 2.19. The minimum absolute atomic E-state index is 0.916. The number of nitrogens with zero attached hydrogens (tertiary/aromatic N) is 3. The first-order valence-electron chi connectivity index (χ1n) is 6.19. The summed E-state index contributed by atoms with van der Waals surface area (Å²) in [6.45, 7) is 4.17. The first-order chi connectivity index (χ1) is 8.79. The molecule has 1 aromatic carbocycles. The lowest BCUT2D eigenvalue weighted by Crippen LogP contribution is -1.98. The summed E-state index contributed by atoms with van der Waals surface area (Å²) in [5.74, 6) is 0.966. The van der Waals surface area contributed by atoms with Gasteiger partial charge >= 0.3 is 0 Å². The molecule has 0 fully saturated rings. The Balaban J connectivity index is 2.20. The van der Waals surface area contributed by atoms with Gasteiger partial charge in [-0.15, -0.1) is 0 Å². The van der Waals surface area contributed by atoms with E-state index in [-0.39, 0.29) is 0 Å². The molecule has 0 radical (unpaired) electrons. The highest BCUT2D eigenvalue weighted by Gasteiger charge is 2.09. The van der Waals surface area contributed by atoms with E-state index < -0.39 is 0 Å². The number of benzene rings is 1. The monoisotopic (exact) mass is 237 g/mol. The van der Waals surface area contributed by atoms with Gasteiger partial charge in [0.25, 0.3) is 0 Å². The maximum atomic E-state index is 4.53. The number of pyridine rings is 1. The second-order valence-electron chi connectivity index (χ2n) is 4.36. The fraction of sp³-hybridized carbons (Fsp3) is 0.200. The summed E-state index contributed by atoms with van der Waals surface area (Å²) in [6.07, 6.45) is 2.86. The highest BCUT2D eigenvalue weighted by molar-refractivity contribution is 5.73. The van der Waals surface area contributed by atoms with Crippen molar-refractivity contribution in [3.63, 3.8) is 0 Å². The van der Waals surface area contributed by atoms with Gasteiger partial charge in [-0.2, -0.15) is 0 Å². The van der Waals surface area contributed by atoms with E-state index in [1.165, 1.54) is 5.56 Å². The van der Waals surface area contributed by atoms with Gasteiger partial charge in [0.15, 0.2) is 5.65 Å². The minimum Gasteiger partial charge on any atom is -0.281 e. The molecule has 3 aromatic rings. The second-order valence-corrected chi connectivity index (χ2v) is 4.36. The van der Waals surface area contributed by atoms with Crippen LogP contribution in [0.1, 0.15) is 18.3 Å². The third-order valence-electron chi connectivity index (χ3n) is 3.19. The molecule has 0 aliphatic carbocycles. The Morgan fingerprint density at radius 3 is 2.61 bits per heavy atom. The Morgan fingerprint density at radius 1 is 1.11 bits per heavy atom. The molecule has 0 bridgehead atoms. The Kier molecular flexibility index (Phi) is 2.59. The molecule has 0 aliphatic rings. The standard InChI is InChI=1S/C15H15N3/c1-3-12-6-8-13(9-7-12)18-11(2)17-14-5-4-10-16-15(14)18/h4-10H,3H2,1-2H3. The van der Waals surface area contributed by atoms with Crippen molar-refractivity contribution in [1.29, 1.82) is 0 Å². The van der Waals surface area contributed by atoms with Crippen LogP contribution in [0.15, 0.2) is 42.6 Å². The van der Waals surface area contributed by atoms with E-state index in [1.54, 1.807) is 6.20 Å². The number of imidazole rings is 1. The molecule has 2 heterocycles. The largest absolute Gasteiger partial charge is 0.281 e. The van der Waals surface area contributed by atoms with Gasteiger partial charge in [0.05, 0.1) is 0 Å². The Bertz CT molecular complexity index is 681. The van der Waals surface area contributed by atoms with Crippen LogP contribution in [0.4, 0.5) is 0 Å². The van der Waals surface area contributed by atoms with Crippen molar-refractivity contribution in [2.75, 3.05) is 0 Å². The number of aryl methyl sites for hydroxylation is 2. The van der Waals surface area contributed by atoms with E-state index in [1.807, 2.05) is 19.1 Å². The van der Waals surface area contributed by atoms with Gasteiger partial charge in [-0.05, 0) is 43.2 Å². The normalized spacial score (nSPS) is 11.0. The van der Waals surface area contributed by atoms with Gasteiger partial charge in [-0.1, -0.05) is 19.1 Å². The van der Waals surface area contributed by atoms with Gasteiger partial charge < -0.3 is 0 Å². The molecule has 0 aliphatic heterocycles. The van der Waals surface area contributed by atoms with Crippen LogP contribution in [0.2, 0.25) is 0 Å². The number of fused-ring (bicyclic) bond motifs is 1. The third kappa shape index (κ3) is 1.68. The summed E-state index contributed by atoms with van der Waals surface area (Å²) in [5.41, 5.74) is 4.31. The van der Waals surface area contributed by atoms with E-state index in [2.05, 4.69) is 45.7 Å². The lowest BCUT2D eigenvalue weighted by atomic mass is 10.1. The molecule has 0 spiro atoms. The van der Waals surface area contributed by atoms with Crippen LogP contribution in [0.25, 0.3) is 16.9 Å². The molecule has 2 aromatic heterocycles. The molecule has 3 nitrogen and oxygen atoms in total. The zero-order valence-electron chi connectivity index (χ0n) is 10.6. The summed E-state index contributed by atoms with van der Waals surface area (Å²) in [6, 6.07) is 12.5. The number of hydrogen-bond acceptors (Lipinski definition) is 2. The summed E-state index contributed by atoms with van der Waals surface area (Å²) < 4.78 is 2.09. The van der Waals surface area contributed by atoms with Crippen molar-refractivity contribution in [1.82, 2.24) is 14.5 Å². The predicted molar refractivity (Wildman–Crippen MR) is 73.0 cm³/mol. The molecule has 0 saturated heterocycles. The molecule has 0 saturated carbocycles. The summed E-state index contributed by atoms with van der Waals surface area (Å²) >= 11 is 0. The second kappa shape index (κ2) is 4.26. The molecular weight excluding hydrogens is 222 g/mol. The zero-order valence-corrected chi connectivity index (χ0v) is 10.6. The van der Waals surface area contributed by atoms with Crippen LogP contribution in [0.5, 0.6) is 0 Å². The first kappa shape index (κ1) is 11.0. The molecular formula is C15H15N3. The lowest BCUT2D eigenvalue weighted by Gasteiger charge is -2.06. The molecule has 90 valence electrons. The Hall–Kier alpha value is -2.16. The van der Waals surface area contributed by atoms with E-state index in [4.69, 9.17) is 0 Å². The van der Waals surface area contributed by atoms with Crippen molar-refractivity contribution in [3.8, 4) is 5.69 Å². The van der Waals surface area contributed by atoms with Crippen molar-refractivity contribution in [2.24, 2.45) is 0 Å². The van der Waals surface area contributed by atoms with Crippen LogP contribution in [0, 0.1) is 6.92 Å². The van der Waals surface area contributed by atoms with Gasteiger partial charge in [-0.3, -0.25) is 4.57 Å². The van der Waals surface area contributed by atoms with E-state index >= 15 is 0 Å². The van der Waals surface area contributed by atoms with Gasteiger partial charge in [0.2, 0.25) is 0 Å². The quantitative estimate of drug-likeness (QED) is 0.684. The average Bonchev–Trinajstić information content (AvgIpc) is 2.75. The first-order valence-corrected chi connectivity index (χ1v) is 6.19. The van der Waals surface area contributed by atoms with Crippen LogP contribution in [-0.2, 0) is 6.42 Å². The van der Waals surface area contributed by atoms with Crippen molar-refractivity contribution < 1.29 is 0 Å². The molecule has 3 rings (SSSR count). The van der Waals surface area contributed by atoms with Crippen LogP contribution in [-0.4, -0.2) is 14.5 Å². The molecule has 0 amide bonds. The van der Waals surface area contributed by atoms with Crippen LogP contribution in [0.3, 0.4) is 0 Å². The fourth-order valence-electron chi connectivity index (χ4n) is 2.22. The van der Waals surface area contributed by atoms with E-state index in [0.717, 1.165) is 29.1 Å². The maximum Gasteiger partial charge on any atom is 0.164 e. The Labute approximate surface area is 106 Å².